The van der Waals surface area contributed by atoms with Gasteiger partial charge in [-0.05, 0) is 39.0 Å². The maximum atomic E-state index is 11.4. The van der Waals surface area contributed by atoms with Crippen LogP contribution in [0.2, 0.25) is 0 Å². The Labute approximate surface area is 138 Å². The highest BCUT2D eigenvalue weighted by atomic mass is 32.1. The van der Waals surface area contributed by atoms with Gasteiger partial charge in [-0.15, -0.1) is 0 Å². The van der Waals surface area contributed by atoms with Gasteiger partial charge >= 0.3 is 6.09 Å². The third-order valence-corrected chi connectivity index (χ3v) is 3.26. The van der Waals surface area contributed by atoms with Crippen LogP contribution in [0.5, 0.6) is 0 Å². The van der Waals surface area contributed by atoms with Crippen LogP contribution in [0.1, 0.15) is 27.7 Å². The highest BCUT2D eigenvalue weighted by Crippen LogP contribution is 2.06. The quantitative estimate of drug-likeness (QED) is 0.233. The van der Waals surface area contributed by atoms with Crippen molar-refractivity contribution in [2.24, 2.45) is 17.0 Å². The molecule has 2 N–H and O–H groups in total. The van der Waals surface area contributed by atoms with E-state index >= 15 is 0 Å². The molecule has 0 aromatic heterocycles. The molecule has 0 saturated carbocycles. The van der Waals surface area contributed by atoms with Gasteiger partial charge in [0.2, 0.25) is 0 Å². The van der Waals surface area contributed by atoms with Gasteiger partial charge in [-0.3, -0.25) is 5.32 Å². The number of nitrogens with one attached hydrogen (secondary N) is 2. The summed E-state index contributed by atoms with van der Waals surface area (Å²) in [4.78, 5) is 21.8. The Balaban J connectivity index is 3.85. The number of nitrogens with zero attached hydrogens (tertiary/aromatic N) is 1. The van der Waals surface area contributed by atoms with E-state index in [-0.39, 0.29) is 19.2 Å². The highest BCUT2D eigenvalue weighted by molar-refractivity contribution is 7.80. The van der Waals surface area contributed by atoms with Crippen LogP contribution in [-0.4, -0.2) is 50.4 Å². The Morgan fingerprint density at radius 3 is 2.55 bits per heavy atom. The molecule has 2 unspecified atom stereocenters. The maximum absolute atomic E-state index is 11.4. The van der Waals surface area contributed by atoms with Crippen LogP contribution in [-0.2, 0) is 9.47 Å². The molecule has 0 aromatic carbocycles. The van der Waals surface area contributed by atoms with Gasteiger partial charge in [0.25, 0.3) is 0 Å². The van der Waals surface area contributed by atoms with Crippen molar-refractivity contribution >= 4 is 18.7 Å². The predicted octanol–water partition coefficient (Wildman–Crippen LogP) is 2.02. The van der Waals surface area contributed by atoms with Gasteiger partial charge < -0.3 is 14.8 Å². The number of thiol groups is 1. The van der Waals surface area contributed by atoms with Crippen molar-refractivity contribution in [3.8, 4) is 0 Å². The normalized spacial score (nSPS) is 14.2. The minimum Gasteiger partial charge on any atom is -0.444 e. The van der Waals surface area contributed by atoms with Crippen LogP contribution in [0.3, 0.4) is 0 Å². The van der Waals surface area contributed by atoms with Gasteiger partial charge in [0.1, 0.15) is 12.3 Å². The minimum atomic E-state index is -0.540. The molecule has 8 heteroatoms. The fourth-order valence-corrected chi connectivity index (χ4v) is 1.66. The molecule has 0 aliphatic carbocycles. The molecule has 0 aliphatic rings. The fraction of sp³-hybridized carbons (Fsp3) is 0.929. The van der Waals surface area contributed by atoms with E-state index in [1.807, 2.05) is 0 Å². The fourth-order valence-electron chi connectivity index (χ4n) is 1.53. The summed E-state index contributed by atoms with van der Waals surface area (Å²) in [7, 11) is 0. The van der Waals surface area contributed by atoms with Crippen molar-refractivity contribution in [3.05, 3.63) is 4.91 Å². The first-order valence-electron chi connectivity index (χ1n) is 7.43. The van der Waals surface area contributed by atoms with Gasteiger partial charge in [-0.2, -0.15) is 17.5 Å². The topological polar surface area (TPSA) is 89.0 Å². The number of carbonyl (C=O) groups is 1. The van der Waals surface area contributed by atoms with Crippen molar-refractivity contribution in [3.63, 3.8) is 0 Å². The van der Waals surface area contributed by atoms with Crippen molar-refractivity contribution in [2.75, 3.05) is 38.7 Å². The zero-order chi connectivity index (χ0) is 17.0. The van der Waals surface area contributed by atoms with E-state index in [0.29, 0.717) is 19.1 Å². The van der Waals surface area contributed by atoms with E-state index in [1.54, 1.807) is 20.8 Å². The molecule has 7 nitrogen and oxygen atoms in total. The molecule has 0 spiro atoms. The lowest BCUT2D eigenvalue weighted by atomic mass is 10.1. The number of rotatable bonds is 11. The van der Waals surface area contributed by atoms with Crippen LogP contribution in [0.15, 0.2) is 5.18 Å². The second kappa shape index (κ2) is 11.7. The third-order valence-electron chi connectivity index (χ3n) is 2.64. The average Bonchev–Trinajstić information content (AvgIpc) is 2.41. The second-order valence-corrected chi connectivity index (χ2v) is 6.68. The Morgan fingerprint density at radius 2 is 2.00 bits per heavy atom. The van der Waals surface area contributed by atoms with Crippen LogP contribution >= 0.6 is 12.6 Å². The summed E-state index contributed by atoms with van der Waals surface area (Å²) >= 11 is 4.21. The number of amides is 1. The zero-order valence-corrected chi connectivity index (χ0v) is 14.8. The van der Waals surface area contributed by atoms with Gasteiger partial charge in [0.15, 0.2) is 0 Å². The number of hydrogen-bond donors (Lipinski definition) is 3. The smallest absolute Gasteiger partial charge is 0.409 e. The van der Waals surface area contributed by atoms with E-state index in [9.17, 15) is 9.70 Å². The van der Waals surface area contributed by atoms with Crippen molar-refractivity contribution in [1.29, 1.82) is 0 Å². The van der Waals surface area contributed by atoms with Crippen molar-refractivity contribution < 1.29 is 14.3 Å². The molecule has 0 heterocycles. The Bertz CT molecular complexity index is 324. The van der Waals surface area contributed by atoms with Crippen LogP contribution in [0.4, 0.5) is 4.79 Å². The SMILES string of the molecule is CC(CS)CNCC(CN=O)COCNC(=O)OC(C)(C)C. The molecule has 0 radical (unpaired) electrons. The van der Waals surface area contributed by atoms with E-state index in [4.69, 9.17) is 9.47 Å². The molecule has 2 atom stereocenters. The number of hydrogen-bond acceptors (Lipinski definition) is 7. The Morgan fingerprint density at radius 1 is 1.32 bits per heavy atom. The van der Waals surface area contributed by atoms with Crippen LogP contribution in [0, 0.1) is 16.7 Å². The summed E-state index contributed by atoms with van der Waals surface area (Å²) in [5, 5.41) is 8.68. The third kappa shape index (κ3) is 12.8. The first-order chi connectivity index (χ1) is 10.3. The number of ether oxygens (including phenoxy) is 2. The lowest BCUT2D eigenvalue weighted by molar-refractivity contribution is 0.0348. The zero-order valence-electron chi connectivity index (χ0n) is 13.9. The molecule has 0 aromatic rings. The molecule has 0 rings (SSSR count). The Hall–Kier alpha value is -0.860. The molecule has 0 fully saturated rings. The highest BCUT2D eigenvalue weighted by Gasteiger charge is 2.16. The molecular formula is C14H29N3O4S. The second-order valence-electron chi connectivity index (χ2n) is 6.32. The van der Waals surface area contributed by atoms with E-state index in [1.165, 1.54) is 0 Å². The van der Waals surface area contributed by atoms with Crippen LogP contribution in [0.25, 0.3) is 0 Å². The first-order valence-corrected chi connectivity index (χ1v) is 8.07. The maximum Gasteiger partial charge on any atom is 0.409 e. The number of alkyl carbamates (subject to hydrolysis) is 1. The van der Waals surface area contributed by atoms with Crippen molar-refractivity contribution in [1.82, 2.24) is 10.6 Å². The summed E-state index contributed by atoms with van der Waals surface area (Å²) in [5.74, 6) is 1.24. The predicted molar refractivity (Wildman–Crippen MR) is 90.2 cm³/mol. The summed E-state index contributed by atoms with van der Waals surface area (Å²) in [6, 6.07) is 0. The average molecular weight is 335 g/mol. The van der Waals surface area contributed by atoms with E-state index in [0.717, 1.165) is 12.3 Å². The number of carbonyl (C=O) groups excluding carboxylic acids is 1. The molecule has 1 amide bonds. The Kier molecular flexibility index (Phi) is 11.2. The number of nitroso groups, excluding NO2 is 1. The summed E-state index contributed by atoms with van der Waals surface area (Å²) in [5.41, 5.74) is -0.540. The molecule has 22 heavy (non-hydrogen) atoms. The monoisotopic (exact) mass is 335 g/mol. The van der Waals surface area contributed by atoms with Gasteiger partial charge in [0, 0.05) is 12.5 Å². The molecule has 0 bridgehead atoms. The summed E-state index contributed by atoms with van der Waals surface area (Å²) in [6.07, 6.45) is -0.529. The molecule has 0 saturated heterocycles. The minimum absolute atomic E-state index is 0.0231. The van der Waals surface area contributed by atoms with Gasteiger partial charge in [-0.1, -0.05) is 12.1 Å². The lowest BCUT2D eigenvalue weighted by Crippen LogP contribution is -2.35. The standard InChI is InChI=1S/C14H29N3O4S/c1-11(9-22)5-15-6-12(7-17-19)8-20-10-16-13(18)21-14(2,3)4/h11-12,15,22H,5-10H2,1-4H3,(H,16,18). The first kappa shape index (κ1) is 21.1. The van der Waals surface area contributed by atoms with Gasteiger partial charge in [-0.25, -0.2) is 4.79 Å². The van der Waals surface area contributed by atoms with E-state index < -0.39 is 11.7 Å². The summed E-state index contributed by atoms with van der Waals surface area (Å²) < 4.78 is 10.4. The molecule has 130 valence electrons. The van der Waals surface area contributed by atoms with Gasteiger partial charge in [0.05, 0.1) is 13.2 Å². The van der Waals surface area contributed by atoms with Crippen LogP contribution < -0.4 is 10.6 Å². The lowest BCUT2D eigenvalue weighted by Gasteiger charge is -2.20. The summed E-state index contributed by atoms with van der Waals surface area (Å²) in [6.45, 7) is 9.47. The molecular weight excluding hydrogens is 306 g/mol. The molecule has 0 aliphatic heterocycles. The van der Waals surface area contributed by atoms with Crippen molar-refractivity contribution in [2.45, 2.75) is 33.3 Å². The van der Waals surface area contributed by atoms with E-state index in [2.05, 4.69) is 35.4 Å². The largest absolute Gasteiger partial charge is 0.444 e.